The number of thiocarbonyl (C=S) groups is 1. The monoisotopic (exact) mass is 281 g/mol. The number of anilines is 1. The molecule has 1 aromatic rings. The minimum Gasteiger partial charge on any atom is -0.389 e. The first-order valence-electron chi connectivity index (χ1n) is 6.81. The molecular formula is C13H19N3S2. The molecule has 2 fully saturated rings. The molecule has 0 aromatic carbocycles. The van der Waals surface area contributed by atoms with Gasteiger partial charge in [0.25, 0.3) is 0 Å². The van der Waals surface area contributed by atoms with Crippen LogP contribution < -0.4 is 10.6 Å². The van der Waals surface area contributed by atoms with Crippen LogP contribution in [0.1, 0.15) is 55.0 Å². The maximum absolute atomic E-state index is 5.84. The maximum Gasteiger partial charge on any atom is 0.186 e. The van der Waals surface area contributed by atoms with Crippen molar-refractivity contribution in [3.8, 4) is 0 Å². The van der Waals surface area contributed by atoms with Crippen LogP contribution in [0.2, 0.25) is 0 Å². The van der Waals surface area contributed by atoms with Gasteiger partial charge in [-0.1, -0.05) is 36.4 Å². The van der Waals surface area contributed by atoms with Gasteiger partial charge < -0.3 is 10.6 Å². The van der Waals surface area contributed by atoms with Crippen LogP contribution in [0.15, 0.2) is 0 Å². The van der Waals surface area contributed by atoms with Gasteiger partial charge in [-0.15, -0.1) is 0 Å². The number of rotatable bonds is 3. The Labute approximate surface area is 117 Å². The van der Waals surface area contributed by atoms with Crippen molar-refractivity contribution in [3.05, 3.63) is 10.6 Å². The molecule has 2 aliphatic rings. The van der Waals surface area contributed by atoms with Crippen molar-refractivity contribution in [1.82, 2.24) is 4.98 Å². The van der Waals surface area contributed by atoms with Crippen molar-refractivity contribution in [2.24, 2.45) is 5.73 Å². The Morgan fingerprint density at radius 3 is 2.44 bits per heavy atom. The molecule has 1 aliphatic heterocycles. The van der Waals surface area contributed by atoms with E-state index in [0.29, 0.717) is 10.9 Å². The summed E-state index contributed by atoms with van der Waals surface area (Å²) in [5.74, 6) is 0.624. The molecule has 0 bridgehead atoms. The van der Waals surface area contributed by atoms with Crippen molar-refractivity contribution in [3.63, 3.8) is 0 Å². The summed E-state index contributed by atoms with van der Waals surface area (Å²) < 4.78 is 0. The van der Waals surface area contributed by atoms with Crippen LogP contribution in [0.25, 0.3) is 0 Å². The molecule has 98 valence electrons. The van der Waals surface area contributed by atoms with E-state index in [1.165, 1.54) is 44.2 Å². The molecule has 0 amide bonds. The Balaban J connectivity index is 1.86. The van der Waals surface area contributed by atoms with E-state index in [0.717, 1.165) is 23.1 Å². The molecule has 1 saturated heterocycles. The molecule has 0 radical (unpaired) electrons. The van der Waals surface area contributed by atoms with Crippen molar-refractivity contribution in [1.29, 1.82) is 0 Å². The molecule has 5 heteroatoms. The molecule has 0 spiro atoms. The number of aromatic nitrogens is 1. The van der Waals surface area contributed by atoms with Crippen molar-refractivity contribution in [2.75, 3.05) is 18.0 Å². The zero-order valence-corrected chi connectivity index (χ0v) is 12.2. The van der Waals surface area contributed by atoms with E-state index in [2.05, 4.69) is 4.90 Å². The third kappa shape index (κ3) is 2.52. The lowest BCUT2D eigenvalue weighted by atomic mass is 10.2. The highest BCUT2D eigenvalue weighted by Gasteiger charge is 2.31. The second-order valence-corrected chi connectivity index (χ2v) is 6.67. The van der Waals surface area contributed by atoms with Gasteiger partial charge in [-0.25, -0.2) is 4.98 Å². The topological polar surface area (TPSA) is 42.1 Å². The van der Waals surface area contributed by atoms with Gasteiger partial charge in [0.05, 0.1) is 10.6 Å². The second kappa shape index (κ2) is 5.13. The van der Waals surface area contributed by atoms with Crippen LogP contribution in [0.3, 0.4) is 0 Å². The van der Waals surface area contributed by atoms with Gasteiger partial charge >= 0.3 is 0 Å². The zero-order chi connectivity index (χ0) is 12.5. The lowest BCUT2D eigenvalue weighted by Crippen LogP contribution is -2.23. The lowest BCUT2D eigenvalue weighted by molar-refractivity contribution is 0.726. The predicted molar refractivity (Wildman–Crippen MR) is 80.7 cm³/mol. The van der Waals surface area contributed by atoms with Crippen LogP contribution in [0, 0.1) is 0 Å². The molecule has 0 atom stereocenters. The normalized spacial score (nSPS) is 20.8. The third-order valence-corrected chi connectivity index (χ3v) is 5.21. The van der Waals surface area contributed by atoms with Gasteiger partial charge in [-0.05, 0) is 25.7 Å². The number of hydrogen-bond donors (Lipinski definition) is 1. The Morgan fingerprint density at radius 2 is 1.89 bits per heavy atom. The molecule has 0 unspecified atom stereocenters. The first-order valence-corrected chi connectivity index (χ1v) is 8.03. The fourth-order valence-electron chi connectivity index (χ4n) is 2.53. The summed E-state index contributed by atoms with van der Waals surface area (Å²) in [6, 6.07) is 0. The SMILES string of the molecule is NC(=S)c1sc(N2CCCCCC2)nc1C1CC1. The number of nitrogens with two attached hydrogens (primary N) is 1. The fourth-order valence-corrected chi connectivity index (χ4v) is 3.81. The highest BCUT2D eigenvalue weighted by atomic mass is 32.1. The quantitative estimate of drug-likeness (QED) is 0.865. The molecular weight excluding hydrogens is 262 g/mol. The van der Waals surface area contributed by atoms with Crippen LogP contribution >= 0.6 is 23.6 Å². The molecule has 2 heterocycles. The average Bonchev–Trinajstić information content (AvgIpc) is 3.14. The Hall–Kier alpha value is -0.680. The van der Waals surface area contributed by atoms with Crippen LogP contribution in [-0.2, 0) is 0 Å². The van der Waals surface area contributed by atoms with E-state index in [4.69, 9.17) is 22.9 Å². The summed E-state index contributed by atoms with van der Waals surface area (Å²) in [5, 5.41) is 1.14. The second-order valence-electron chi connectivity index (χ2n) is 5.25. The number of hydrogen-bond acceptors (Lipinski definition) is 4. The largest absolute Gasteiger partial charge is 0.389 e. The van der Waals surface area contributed by atoms with Crippen LogP contribution in [0.4, 0.5) is 5.13 Å². The van der Waals surface area contributed by atoms with Crippen molar-refractivity contribution in [2.45, 2.75) is 44.4 Å². The van der Waals surface area contributed by atoms with Gasteiger partial charge in [0.2, 0.25) is 0 Å². The van der Waals surface area contributed by atoms with E-state index < -0.39 is 0 Å². The third-order valence-electron chi connectivity index (χ3n) is 3.71. The maximum atomic E-state index is 5.84. The van der Waals surface area contributed by atoms with Gasteiger partial charge in [0, 0.05) is 19.0 Å². The fraction of sp³-hybridized carbons (Fsp3) is 0.692. The summed E-state index contributed by atoms with van der Waals surface area (Å²) in [7, 11) is 0. The van der Waals surface area contributed by atoms with Gasteiger partial charge in [0.1, 0.15) is 4.99 Å². The Bertz CT molecular complexity index is 443. The average molecular weight is 281 g/mol. The molecule has 18 heavy (non-hydrogen) atoms. The van der Waals surface area contributed by atoms with Crippen LogP contribution in [-0.4, -0.2) is 23.1 Å². The number of nitrogens with zero attached hydrogens (tertiary/aromatic N) is 2. The van der Waals surface area contributed by atoms with E-state index in [1.807, 2.05) is 0 Å². The van der Waals surface area contributed by atoms with E-state index in [9.17, 15) is 0 Å². The molecule has 3 nitrogen and oxygen atoms in total. The van der Waals surface area contributed by atoms with Gasteiger partial charge in [0.15, 0.2) is 5.13 Å². The summed E-state index contributed by atoms with van der Waals surface area (Å²) in [6.45, 7) is 2.27. The summed E-state index contributed by atoms with van der Waals surface area (Å²) >= 11 is 6.87. The van der Waals surface area contributed by atoms with Crippen molar-refractivity contribution < 1.29 is 0 Å². The first kappa shape index (κ1) is 12.4. The Morgan fingerprint density at radius 1 is 1.22 bits per heavy atom. The van der Waals surface area contributed by atoms with E-state index in [1.54, 1.807) is 11.3 Å². The summed E-state index contributed by atoms with van der Waals surface area (Å²) in [4.78, 5) is 8.84. The molecule has 1 saturated carbocycles. The highest BCUT2D eigenvalue weighted by Crippen LogP contribution is 2.44. The van der Waals surface area contributed by atoms with E-state index >= 15 is 0 Å². The molecule has 2 N–H and O–H groups in total. The van der Waals surface area contributed by atoms with Gasteiger partial charge in [-0.2, -0.15) is 0 Å². The summed E-state index contributed by atoms with van der Waals surface area (Å²) in [5.41, 5.74) is 7.01. The minimum atomic E-state index is 0.524. The Kier molecular flexibility index (Phi) is 3.52. The van der Waals surface area contributed by atoms with Crippen molar-refractivity contribution >= 4 is 33.7 Å². The number of thiazole rings is 1. The molecule has 3 rings (SSSR count). The molecule has 1 aliphatic carbocycles. The molecule has 1 aromatic heterocycles. The standard InChI is InChI=1S/C13H19N3S2/c14-12(17)11-10(9-5-6-9)15-13(18-11)16-7-3-1-2-4-8-16/h9H,1-8H2,(H2,14,17). The van der Waals surface area contributed by atoms with Crippen LogP contribution in [0.5, 0.6) is 0 Å². The first-order chi connectivity index (χ1) is 8.75. The zero-order valence-electron chi connectivity index (χ0n) is 10.5. The lowest BCUT2D eigenvalue weighted by Gasteiger charge is -2.18. The summed E-state index contributed by atoms with van der Waals surface area (Å²) in [6.07, 6.45) is 7.75. The highest BCUT2D eigenvalue weighted by molar-refractivity contribution is 7.81. The smallest absolute Gasteiger partial charge is 0.186 e. The minimum absolute atomic E-state index is 0.524. The predicted octanol–water partition coefficient (Wildman–Crippen LogP) is 3.04. The van der Waals surface area contributed by atoms with E-state index in [-0.39, 0.29) is 0 Å². The van der Waals surface area contributed by atoms with Gasteiger partial charge in [-0.3, -0.25) is 0 Å².